The SMILES string of the molecule is CCOc1ccc2c(OC(=O)OC(C)(C)C)c3ccccc3c(OC(=O)OC(C)(C)C)c2c1. The van der Waals surface area contributed by atoms with Crippen LogP contribution in [0, 0.1) is 0 Å². The fourth-order valence-electron chi connectivity index (χ4n) is 3.26. The number of carbonyl (C=O) groups is 2. The molecule has 0 saturated heterocycles. The number of benzene rings is 3. The lowest BCUT2D eigenvalue weighted by atomic mass is 10.0. The Hall–Kier alpha value is -3.48. The highest BCUT2D eigenvalue weighted by Crippen LogP contribution is 2.44. The summed E-state index contributed by atoms with van der Waals surface area (Å²) in [4.78, 5) is 25.1. The van der Waals surface area contributed by atoms with Crippen molar-refractivity contribution in [1.82, 2.24) is 0 Å². The lowest BCUT2D eigenvalue weighted by molar-refractivity contribution is 0.0194. The Kier molecular flexibility index (Phi) is 6.72. The summed E-state index contributed by atoms with van der Waals surface area (Å²) in [5.41, 5.74) is -1.44. The van der Waals surface area contributed by atoms with E-state index in [9.17, 15) is 9.59 Å². The second-order valence-electron chi connectivity index (χ2n) is 9.48. The minimum Gasteiger partial charge on any atom is -0.494 e. The average molecular weight is 455 g/mol. The third kappa shape index (κ3) is 6.06. The minimum atomic E-state index is -0.837. The maximum absolute atomic E-state index is 12.6. The number of fused-ring (bicyclic) bond motifs is 2. The second-order valence-corrected chi connectivity index (χ2v) is 9.48. The maximum Gasteiger partial charge on any atom is 0.514 e. The Morgan fingerprint density at radius 3 is 1.61 bits per heavy atom. The molecule has 3 aromatic carbocycles. The van der Waals surface area contributed by atoms with Crippen molar-refractivity contribution in [2.24, 2.45) is 0 Å². The van der Waals surface area contributed by atoms with Gasteiger partial charge in [0.05, 0.1) is 6.61 Å². The van der Waals surface area contributed by atoms with Crippen LogP contribution >= 0.6 is 0 Å². The van der Waals surface area contributed by atoms with E-state index in [2.05, 4.69) is 0 Å². The summed E-state index contributed by atoms with van der Waals surface area (Å²) < 4.78 is 27.8. The van der Waals surface area contributed by atoms with Crippen LogP contribution in [0.15, 0.2) is 42.5 Å². The van der Waals surface area contributed by atoms with Crippen molar-refractivity contribution < 1.29 is 33.3 Å². The summed E-state index contributed by atoms with van der Waals surface area (Å²) in [5, 5.41) is 2.24. The van der Waals surface area contributed by atoms with Gasteiger partial charge in [-0.25, -0.2) is 9.59 Å². The van der Waals surface area contributed by atoms with Gasteiger partial charge in [0.15, 0.2) is 5.75 Å². The van der Waals surface area contributed by atoms with Gasteiger partial charge in [0.1, 0.15) is 22.7 Å². The third-order valence-electron chi connectivity index (χ3n) is 4.36. The number of ether oxygens (including phenoxy) is 5. The average Bonchev–Trinajstić information content (AvgIpc) is 2.68. The Balaban J connectivity index is 2.23. The van der Waals surface area contributed by atoms with Gasteiger partial charge in [-0.1, -0.05) is 24.3 Å². The zero-order chi connectivity index (χ0) is 24.4. The van der Waals surface area contributed by atoms with Crippen LogP contribution in [0.3, 0.4) is 0 Å². The van der Waals surface area contributed by atoms with Crippen molar-refractivity contribution in [3.8, 4) is 17.2 Å². The molecule has 176 valence electrons. The summed E-state index contributed by atoms with van der Waals surface area (Å²) in [5.74, 6) is 1.17. The first kappa shape index (κ1) is 24.2. The van der Waals surface area contributed by atoms with E-state index in [-0.39, 0.29) is 5.75 Å². The number of carbonyl (C=O) groups excluding carboxylic acids is 2. The largest absolute Gasteiger partial charge is 0.514 e. The topological polar surface area (TPSA) is 80.3 Å². The maximum atomic E-state index is 12.6. The quantitative estimate of drug-likeness (QED) is 0.238. The molecule has 0 aliphatic carbocycles. The van der Waals surface area contributed by atoms with Crippen LogP contribution in [-0.2, 0) is 9.47 Å². The highest BCUT2D eigenvalue weighted by molar-refractivity contribution is 6.12. The summed E-state index contributed by atoms with van der Waals surface area (Å²) in [6.45, 7) is 12.9. The molecule has 0 aliphatic rings. The Labute approximate surface area is 193 Å². The van der Waals surface area contributed by atoms with Crippen LogP contribution in [0.25, 0.3) is 21.5 Å². The molecule has 0 spiro atoms. The van der Waals surface area contributed by atoms with Gasteiger partial charge in [-0.3, -0.25) is 0 Å². The summed E-state index contributed by atoms with van der Waals surface area (Å²) in [7, 11) is 0. The molecule has 0 radical (unpaired) electrons. The summed E-state index contributed by atoms with van der Waals surface area (Å²) in [6, 6.07) is 12.4. The Morgan fingerprint density at radius 1 is 0.697 bits per heavy atom. The van der Waals surface area contributed by atoms with Crippen molar-refractivity contribution in [3.05, 3.63) is 42.5 Å². The van der Waals surface area contributed by atoms with E-state index in [1.165, 1.54) is 0 Å². The Bertz CT molecular complexity index is 1180. The van der Waals surface area contributed by atoms with Gasteiger partial charge in [-0.15, -0.1) is 0 Å². The van der Waals surface area contributed by atoms with Gasteiger partial charge in [-0.05, 0) is 66.7 Å². The highest BCUT2D eigenvalue weighted by atomic mass is 16.7. The van der Waals surface area contributed by atoms with Crippen LogP contribution in [0.2, 0.25) is 0 Å². The van der Waals surface area contributed by atoms with Gasteiger partial charge in [0.2, 0.25) is 0 Å². The molecule has 0 unspecified atom stereocenters. The molecular weight excluding hydrogens is 424 g/mol. The molecule has 0 amide bonds. The van der Waals surface area contributed by atoms with Gasteiger partial charge in [-0.2, -0.15) is 0 Å². The molecule has 0 fully saturated rings. The molecule has 3 aromatic rings. The first-order valence-corrected chi connectivity index (χ1v) is 10.8. The fourth-order valence-corrected chi connectivity index (χ4v) is 3.26. The first-order chi connectivity index (χ1) is 15.4. The predicted molar refractivity (Wildman–Crippen MR) is 126 cm³/mol. The van der Waals surface area contributed by atoms with Gasteiger partial charge >= 0.3 is 12.3 Å². The molecule has 0 N–H and O–H groups in total. The van der Waals surface area contributed by atoms with Crippen LogP contribution < -0.4 is 14.2 Å². The Morgan fingerprint density at radius 2 is 1.15 bits per heavy atom. The van der Waals surface area contributed by atoms with Crippen molar-refractivity contribution in [2.75, 3.05) is 6.61 Å². The standard InChI is InChI=1S/C26H30O7/c1-8-29-16-13-14-19-20(15-16)22(31-24(28)33-26(5,6)7)18-12-10-9-11-17(18)21(19)30-23(27)32-25(2,3)4/h9-15H,8H2,1-7H3. The van der Waals surface area contributed by atoms with Crippen molar-refractivity contribution in [3.63, 3.8) is 0 Å². The van der Waals surface area contributed by atoms with Gasteiger partial charge in [0, 0.05) is 21.5 Å². The molecule has 7 heteroatoms. The van der Waals surface area contributed by atoms with E-state index in [4.69, 9.17) is 23.7 Å². The number of hydrogen-bond donors (Lipinski definition) is 0. The van der Waals surface area contributed by atoms with E-state index in [0.29, 0.717) is 39.7 Å². The van der Waals surface area contributed by atoms with Gasteiger partial charge in [0.25, 0.3) is 0 Å². The summed E-state index contributed by atoms with van der Waals surface area (Å²) in [6.07, 6.45) is -1.67. The second kappa shape index (κ2) is 9.17. The molecule has 0 saturated carbocycles. The monoisotopic (exact) mass is 454 g/mol. The molecule has 0 aromatic heterocycles. The van der Waals surface area contributed by atoms with Crippen LogP contribution in [-0.4, -0.2) is 30.1 Å². The molecule has 3 rings (SSSR count). The first-order valence-electron chi connectivity index (χ1n) is 10.8. The molecule has 0 atom stereocenters. The van der Waals surface area contributed by atoms with Crippen LogP contribution in [0.1, 0.15) is 48.5 Å². The minimum absolute atomic E-state index is 0.285. The van der Waals surface area contributed by atoms with E-state index in [0.717, 1.165) is 0 Å². The zero-order valence-electron chi connectivity index (χ0n) is 20.1. The normalized spacial score (nSPS) is 11.8. The molecule has 0 heterocycles. The van der Waals surface area contributed by atoms with Crippen LogP contribution in [0.5, 0.6) is 17.2 Å². The third-order valence-corrected chi connectivity index (χ3v) is 4.36. The molecule has 0 bridgehead atoms. The van der Waals surface area contributed by atoms with E-state index in [1.807, 2.05) is 13.0 Å². The van der Waals surface area contributed by atoms with E-state index < -0.39 is 23.5 Å². The molecule has 33 heavy (non-hydrogen) atoms. The lowest BCUT2D eigenvalue weighted by Gasteiger charge is -2.22. The highest BCUT2D eigenvalue weighted by Gasteiger charge is 2.25. The fraction of sp³-hybridized carbons (Fsp3) is 0.385. The molecule has 0 aliphatic heterocycles. The molecular formula is C26H30O7. The number of rotatable bonds is 4. The van der Waals surface area contributed by atoms with Crippen molar-refractivity contribution >= 4 is 33.9 Å². The zero-order valence-corrected chi connectivity index (χ0v) is 20.1. The van der Waals surface area contributed by atoms with E-state index in [1.54, 1.807) is 77.9 Å². The van der Waals surface area contributed by atoms with Crippen molar-refractivity contribution in [2.45, 2.75) is 59.7 Å². The van der Waals surface area contributed by atoms with E-state index >= 15 is 0 Å². The lowest BCUT2D eigenvalue weighted by Crippen LogP contribution is -2.26. The van der Waals surface area contributed by atoms with Crippen molar-refractivity contribution in [1.29, 1.82) is 0 Å². The smallest absolute Gasteiger partial charge is 0.494 e. The summed E-state index contributed by atoms with van der Waals surface area (Å²) >= 11 is 0. The predicted octanol–water partition coefficient (Wildman–Crippen LogP) is 7.02. The number of hydrogen-bond acceptors (Lipinski definition) is 7. The van der Waals surface area contributed by atoms with Crippen LogP contribution in [0.4, 0.5) is 9.59 Å². The molecule has 7 nitrogen and oxygen atoms in total. The van der Waals surface area contributed by atoms with Gasteiger partial charge < -0.3 is 23.7 Å².